The molecule has 2 atom stereocenters. The van der Waals surface area contributed by atoms with Gasteiger partial charge < -0.3 is 9.45 Å². The first-order valence-electron chi connectivity index (χ1n) is 4.48. The minimum Gasteiger partial charge on any atom is -0.306 e. The van der Waals surface area contributed by atoms with Crippen molar-refractivity contribution >= 4 is 11.1 Å². The normalized spacial score (nSPS) is 24.2. The van der Waals surface area contributed by atoms with E-state index in [2.05, 4.69) is 4.90 Å². The maximum atomic E-state index is 10.5. The fraction of sp³-hybridized carbons (Fsp3) is 1.00. The van der Waals surface area contributed by atoms with Gasteiger partial charge >= 0.3 is 0 Å². The molecule has 72 valence electrons. The highest BCUT2D eigenvalue weighted by atomic mass is 32.2. The average molecular weight is 191 g/mol. The van der Waals surface area contributed by atoms with Gasteiger partial charge in [0, 0.05) is 6.54 Å². The predicted octanol–water partition coefficient (Wildman–Crippen LogP) is 0.940. The lowest BCUT2D eigenvalue weighted by molar-refractivity contribution is 0.298. The first kappa shape index (κ1) is 10.2. The molecule has 0 amide bonds. The molecule has 1 N–H and O–H groups in total. The van der Waals surface area contributed by atoms with E-state index in [1.54, 1.807) is 0 Å². The lowest BCUT2D eigenvalue weighted by Gasteiger charge is -2.18. The summed E-state index contributed by atoms with van der Waals surface area (Å²) in [4.78, 5) is 2.37. The molecule has 1 rings (SSSR count). The van der Waals surface area contributed by atoms with Gasteiger partial charge in [-0.1, -0.05) is 6.92 Å². The fourth-order valence-electron chi connectivity index (χ4n) is 1.70. The second kappa shape index (κ2) is 4.94. The monoisotopic (exact) mass is 191 g/mol. The molecule has 0 spiro atoms. The molecular formula is C8H17NO2S. The molecule has 0 aromatic carbocycles. The lowest BCUT2D eigenvalue weighted by Crippen LogP contribution is -2.27. The standard InChI is InChI=1S/C8H17NO2S/c1-8(7-12(10)11)6-9-4-2-3-5-9/h8H,2-7H2,1H3,(H,10,11). The third kappa shape index (κ3) is 3.65. The van der Waals surface area contributed by atoms with Crippen LogP contribution < -0.4 is 0 Å². The van der Waals surface area contributed by atoms with Crippen molar-refractivity contribution in [2.24, 2.45) is 5.92 Å². The zero-order chi connectivity index (χ0) is 8.97. The Kier molecular flexibility index (Phi) is 4.18. The molecule has 1 fully saturated rings. The van der Waals surface area contributed by atoms with Crippen molar-refractivity contribution in [3.8, 4) is 0 Å². The van der Waals surface area contributed by atoms with Crippen molar-refractivity contribution in [2.45, 2.75) is 19.8 Å². The average Bonchev–Trinajstić information content (AvgIpc) is 2.37. The summed E-state index contributed by atoms with van der Waals surface area (Å²) in [6.07, 6.45) is 2.57. The molecule has 12 heavy (non-hydrogen) atoms. The molecule has 0 aromatic heterocycles. The van der Waals surface area contributed by atoms with Crippen LogP contribution in [0.3, 0.4) is 0 Å². The van der Waals surface area contributed by atoms with E-state index < -0.39 is 11.1 Å². The van der Waals surface area contributed by atoms with Gasteiger partial charge in [-0.3, -0.25) is 0 Å². The molecule has 0 aliphatic carbocycles. The molecule has 1 heterocycles. The Balaban J connectivity index is 2.16. The van der Waals surface area contributed by atoms with Crippen LogP contribution in [-0.4, -0.2) is 39.0 Å². The van der Waals surface area contributed by atoms with Gasteiger partial charge in [-0.15, -0.1) is 0 Å². The van der Waals surface area contributed by atoms with Crippen LogP contribution in [0.5, 0.6) is 0 Å². The summed E-state index contributed by atoms with van der Waals surface area (Å²) >= 11 is -1.62. The van der Waals surface area contributed by atoms with E-state index in [-0.39, 0.29) is 0 Å². The maximum absolute atomic E-state index is 10.5. The molecule has 2 unspecified atom stereocenters. The summed E-state index contributed by atoms with van der Waals surface area (Å²) in [5.41, 5.74) is 0. The first-order valence-corrected chi connectivity index (χ1v) is 5.76. The van der Waals surface area contributed by atoms with Gasteiger partial charge in [0.1, 0.15) is 0 Å². The Bertz CT molecular complexity index is 157. The third-order valence-corrected chi connectivity index (χ3v) is 3.05. The highest BCUT2D eigenvalue weighted by Gasteiger charge is 2.15. The zero-order valence-electron chi connectivity index (χ0n) is 7.53. The van der Waals surface area contributed by atoms with E-state index >= 15 is 0 Å². The van der Waals surface area contributed by atoms with Crippen molar-refractivity contribution in [3.05, 3.63) is 0 Å². The summed E-state index contributed by atoms with van der Waals surface area (Å²) in [6.45, 7) is 5.35. The van der Waals surface area contributed by atoms with Gasteiger partial charge in [0.05, 0.1) is 5.75 Å². The van der Waals surface area contributed by atoms with Gasteiger partial charge in [-0.05, 0) is 31.8 Å². The first-order chi connectivity index (χ1) is 5.68. The van der Waals surface area contributed by atoms with E-state index in [1.807, 2.05) is 6.92 Å². The minimum atomic E-state index is -1.62. The number of rotatable bonds is 4. The van der Waals surface area contributed by atoms with Gasteiger partial charge in [-0.2, -0.15) is 0 Å². The molecular weight excluding hydrogens is 174 g/mol. The van der Waals surface area contributed by atoms with E-state index in [0.29, 0.717) is 11.7 Å². The van der Waals surface area contributed by atoms with Crippen molar-refractivity contribution in [1.82, 2.24) is 4.90 Å². The smallest absolute Gasteiger partial charge is 0.153 e. The minimum absolute atomic E-state index is 0.342. The fourth-order valence-corrected chi connectivity index (χ4v) is 2.29. The Morgan fingerprint density at radius 3 is 2.58 bits per heavy atom. The molecule has 0 saturated carbocycles. The van der Waals surface area contributed by atoms with Crippen LogP contribution in [0.15, 0.2) is 0 Å². The summed E-state index contributed by atoms with van der Waals surface area (Å²) < 4.78 is 19.1. The summed E-state index contributed by atoms with van der Waals surface area (Å²) in [6, 6.07) is 0. The molecule has 3 nitrogen and oxygen atoms in total. The molecule has 4 heteroatoms. The highest BCUT2D eigenvalue weighted by Crippen LogP contribution is 2.10. The van der Waals surface area contributed by atoms with Gasteiger partial charge in [-0.25, -0.2) is 4.21 Å². The summed E-state index contributed by atoms with van der Waals surface area (Å²) in [5.74, 6) is 0.755. The Morgan fingerprint density at radius 1 is 1.50 bits per heavy atom. The quantitative estimate of drug-likeness (QED) is 0.672. The third-order valence-electron chi connectivity index (χ3n) is 2.20. The largest absolute Gasteiger partial charge is 0.306 e. The number of likely N-dealkylation sites (tertiary alicyclic amines) is 1. The summed E-state index contributed by atoms with van der Waals surface area (Å²) in [5, 5.41) is 0. The SMILES string of the molecule is CC(CN1CCCC1)CS(=O)O. The number of nitrogens with zero attached hydrogens (tertiary/aromatic N) is 1. The van der Waals surface area contributed by atoms with Crippen LogP contribution in [0.1, 0.15) is 19.8 Å². The van der Waals surface area contributed by atoms with Crippen LogP contribution in [0.4, 0.5) is 0 Å². The van der Waals surface area contributed by atoms with E-state index in [0.717, 1.165) is 6.54 Å². The van der Waals surface area contributed by atoms with Crippen molar-refractivity contribution in [3.63, 3.8) is 0 Å². The predicted molar refractivity (Wildman–Crippen MR) is 50.5 cm³/mol. The molecule has 0 radical (unpaired) electrons. The number of hydrogen-bond donors (Lipinski definition) is 1. The molecule has 1 aliphatic rings. The Morgan fingerprint density at radius 2 is 2.08 bits per heavy atom. The summed E-state index contributed by atoms with van der Waals surface area (Å²) in [7, 11) is 0. The second-order valence-corrected chi connectivity index (χ2v) is 4.58. The molecule has 0 bridgehead atoms. The van der Waals surface area contributed by atoms with Crippen LogP contribution in [0.25, 0.3) is 0 Å². The van der Waals surface area contributed by atoms with Crippen LogP contribution in [0, 0.1) is 5.92 Å². The van der Waals surface area contributed by atoms with E-state index in [9.17, 15) is 4.21 Å². The Hall–Kier alpha value is 0.0700. The van der Waals surface area contributed by atoms with Crippen LogP contribution in [0.2, 0.25) is 0 Å². The van der Waals surface area contributed by atoms with Crippen LogP contribution in [-0.2, 0) is 11.1 Å². The molecule has 1 aliphatic heterocycles. The highest BCUT2D eigenvalue weighted by molar-refractivity contribution is 7.79. The van der Waals surface area contributed by atoms with Gasteiger partial charge in [0.25, 0.3) is 0 Å². The Labute approximate surface area is 76.4 Å². The molecule has 1 saturated heterocycles. The maximum Gasteiger partial charge on any atom is 0.153 e. The van der Waals surface area contributed by atoms with Gasteiger partial charge in [0.15, 0.2) is 11.1 Å². The van der Waals surface area contributed by atoms with Crippen LogP contribution >= 0.6 is 0 Å². The van der Waals surface area contributed by atoms with Crippen molar-refractivity contribution in [1.29, 1.82) is 0 Å². The van der Waals surface area contributed by atoms with Crippen molar-refractivity contribution in [2.75, 3.05) is 25.4 Å². The zero-order valence-corrected chi connectivity index (χ0v) is 8.35. The lowest BCUT2D eigenvalue weighted by atomic mass is 10.2. The molecule has 0 aromatic rings. The van der Waals surface area contributed by atoms with Crippen molar-refractivity contribution < 1.29 is 8.76 Å². The topological polar surface area (TPSA) is 40.5 Å². The van der Waals surface area contributed by atoms with E-state index in [1.165, 1.54) is 25.9 Å². The second-order valence-electron chi connectivity index (χ2n) is 3.60. The number of hydrogen-bond acceptors (Lipinski definition) is 2. The van der Waals surface area contributed by atoms with Gasteiger partial charge in [0.2, 0.25) is 0 Å². The van der Waals surface area contributed by atoms with E-state index in [4.69, 9.17) is 4.55 Å².